The minimum atomic E-state index is -0.160. The minimum absolute atomic E-state index is 0.0732. The Labute approximate surface area is 111 Å². The van der Waals surface area contributed by atoms with Crippen LogP contribution in [-0.2, 0) is 0 Å². The Hall–Kier alpha value is -1.26. The summed E-state index contributed by atoms with van der Waals surface area (Å²) in [6, 6.07) is 4.70. The summed E-state index contributed by atoms with van der Waals surface area (Å²) < 4.78 is 0. The van der Waals surface area contributed by atoms with Crippen molar-refractivity contribution < 1.29 is 9.90 Å². The van der Waals surface area contributed by atoms with Crippen LogP contribution < -0.4 is 5.73 Å². The molecule has 1 amide bonds. The molecule has 2 unspecified atom stereocenters. The van der Waals surface area contributed by atoms with Crippen LogP contribution in [0.15, 0.2) is 18.2 Å². The van der Waals surface area contributed by atoms with Gasteiger partial charge in [0.1, 0.15) is 5.75 Å². The van der Waals surface area contributed by atoms with Gasteiger partial charge in [-0.25, -0.2) is 0 Å². The zero-order valence-electron chi connectivity index (χ0n) is 10.3. The maximum Gasteiger partial charge on any atom is 0.257 e. The van der Waals surface area contributed by atoms with Crippen LogP contribution in [0.5, 0.6) is 5.75 Å². The predicted octanol–water partition coefficient (Wildman–Crippen LogP) is 1.85. The highest BCUT2D eigenvalue weighted by Gasteiger charge is 2.32. The van der Waals surface area contributed by atoms with Crippen LogP contribution in [0, 0.1) is 5.92 Å². The first kappa shape index (κ1) is 13.2. The van der Waals surface area contributed by atoms with Crippen LogP contribution >= 0.6 is 11.6 Å². The van der Waals surface area contributed by atoms with Crippen molar-refractivity contribution >= 4 is 17.5 Å². The zero-order chi connectivity index (χ0) is 13.3. The molecular weight excluding hydrogens is 252 g/mol. The van der Waals surface area contributed by atoms with E-state index in [1.165, 1.54) is 6.07 Å². The van der Waals surface area contributed by atoms with E-state index in [2.05, 4.69) is 0 Å². The average Bonchev–Trinajstić information content (AvgIpc) is 2.70. The van der Waals surface area contributed by atoms with E-state index in [1.54, 1.807) is 17.0 Å². The Kier molecular flexibility index (Phi) is 3.78. The van der Waals surface area contributed by atoms with Gasteiger partial charge in [-0.05, 0) is 44.0 Å². The van der Waals surface area contributed by atoms with Crippen LogP contribution in [0.25, 0.3) is 0 Å². The van der Waals surface area contributed by atoms with Crippen LogP contribution in [0.3, 0.4) is 0 Å². The van der Waals surface area contributed by atoms with Crippen molar-refractivity contribution in [1.29, 1.82) is 0 Å². The number of phenolic OH excluding ortho intramolecular Hbond substituents is 1. The first-order valence-electron chi connectivity index (χ1n) is 6.02. The second-order valence-electron chi connectivity index (χ2n) is 4.81. The van der Waals surface area contributed by atoms with Crippen molar-refractivity contribution in [2.45, 2.75) is 19.4 Å². The number of carbonyl (C=O) groups is 1. The lowest BCUT2D eigenvalue weighted by Crippen LogP contribution is -2.34. The Bertz CT molecular complexity index is 464. The van der Waals surface area contributed by atoms with Crippen molar-refractivity contribution in [2.24, 2.45) is 11.7 Å². The average molecular weight is 269 g/mol. The standard InChI is InChI=1S/C13H17ClN2O2/c1-8-4-9(6-15)7-16(8)13(18)11-3-2-10(14)5-12(11)17/h2-3,5,8-9,17H,4,6-7,15H2,1H3. The van der Waals surface area contributed by atoms with Crippen LogP contribution in [-0.4, -0.2) is 35.0 Å². The van der Waals surface area contributed by atoms with Gasteiger partial charge in [0.05, 0.1) is 5.56 Å². The molecular formula is C13H17ClN2O2. The summed E-state index contributed by atoms with van der Waals surface area (Å²) in [7, 11) is 0. The van der Waals surface area contributed by atoms with Gasteiger partial charge in [-0.3, -0.25) is 4.79 Å². The van der Waals surface area contributed by atoms with Crippen molar-refractivity contribution in [3.05, 3.63) is 28.8 Å². The number of rotatable bonds is 2. The molecule has 18 heavy (non-hydrogen) atoms. The molecule has 98 valence electrons. The van der Waals surface area contributed by atoms with Crippen molar-refractivity contribution in [3.8, 4) is 5.75 Å². The fourth-order valence-corrected chi connectivity index (χ4v) is 2.60. The van der Waals surface area contributed by atoms with E-state index in [0.717, 1.165) is 6.42 Å². The van der Waals surface area contributed by atoms with Crippen molar-refractivity contribution in [2.75, 3.05) is 13.1 Å². The number of halogens is 1. The molecule has 2 atom stereocenters. The molecule has 0 aliphatic carbocycles. The van der Waals surface area contributed by atoms with E-state index in [4.69, 9.17) is 17.3 Å². The van der Waals surface area contributed by atoms with Gasteiger partial charge in [0.25, 0.3) is 5.91 Å². The number of nitrogens with zero attached hydrogens (tertiary/aromatic N) is 1. The van der Waals surface area contributed by atoms with Crippen LogP contribution in [0.2, 0.25) is 5.02 Å². The predicted molar refractivity (Wildman–Crippen MR) is 70.8 cm³/mol. The molecule has 0 bridgehead atoms. The lowest BCUT2D eigenvalue weighted by Gasteiger charge is -2.22. The van der Waals surface area contributed by atoms with E-state index in [9.17, 15) is 9.90 Å². The second-order valence-corrected chi connectivity index (χ2v) is 5.24. The molecule has 0 spiro atoms. The molecule has 3 N–H and O–H groups in total. The summed E-state index contributed by atoms with van der Waals surface area (Å²) in [6.45, 7) is 3.24. The van der Waals surface area contributed by atoms with E-state index < -0.39 is 0 Å². The topological polar surface area (TPSA) is 66.6 Å². The highest BCUT2D eigenvalue weighted by molar-refractivity contribution is 6.30. The number of benzene rings is 1. The monoisotopic (exact) mass is 268 g/mol. The number of carbonyl (C=O) groups excluding carboxylic acids is 1. The molecule has 5 heteroatoms. The van der Waals surface area contributed by atoms with E-state index in [0.29, 0.717) is 29.6 Å². The summed E-state index contributed by atoms with van der Waals surface area (Å²) in [5.41, 5.74) is 5.94. The zero-order valence-corrected chi connectivity index (χ0v) is 11.0. The quantitative estimate of drug-likeness (QED) is 0.860. The first-order chi connectivity index (χ1) is 8.52. The number of amides is 1. The maximum atomic E-state index is 12.3. The van der Waals surface area contributed by atoms with Gasteiger partial charge in [-0.15, -0.1) is 0 Å². The molecule has 4 nitrogen and oxygen atoms in total. The number of nitrogens with two attached hydrogens (primary N) is 1. The molecule has 0 aromatic heterocycles. The van der Waals surface area contributed by atoms with Crippen molar-refractivity contribution in [3.63, 3.8) is 0 Å². The molecule has 1 fully saturated rings. The van der Waals surface area contributed by atoms with Gasteiger partial charge in [0.15, 0.2) is 0 Å². The Balaban J connectivity index is 2.21. The van der Waals surface area contributed by atoms with Gasteiger partial charge in [-0.2, -0.15) is 0 Å². The number of aromatic hydroxyl groups is 1. The normalized spacial score (nSPS) is 23.4. The number of phenols is 1. The number of hydrogen-bond donors (Lipinski definition) is 2. The smallest absolute Gasteiger partial charge is 0.257 e. The molecule has 1 aliphatic rings. The Morgan fingerprint density at radius 2 is 2.33 bits per heavy atom. The van der Waals surface area contributed by atoms with E-state index >= 15 is 0 Å². The van der Waals surface area contributed by atoms with Crippen LogP contribution in [0.1, 0.15) is 23.7 Å². The highest BCUT2D eigenvalue weighted by atomic mass is 35.5. The third-order valence-electron chi connectivity index (χ3n) is 3.45. The summed E-state index contributed by atoms with van der Waals surface area (Å²) >= 11 is 5.75. The van der Waals surface area contributed by atoms with Crippen molar-refractivity contribution in [1.82, 2.24) is 4.90 Å². The van der Waals surface area contributed by atoms with Gasteiger partial charge in [0.2, 0.25) is 0 Å². The Morgan fingerprint density at radius 3 is 2.89 bits per heavy atom. The van der Waals surface area contributed by atoms with Crippen LogP contribution in [0.4, 0.5) is 0 Å². The van der Waals surface area contributed by atoms with Gasteiger partial charge >= 0.3 is 0 Å². The van der Waals surface area contributed by atoms with E-state index in [1.807, 2.05) is 6.92 Å². The third-order valence-corrected chi connectivity index (χ3v) is 3.68. The molecule has 1 aromatic rings. The number of hydrogen-bond acceptors (Lipinski definition) is 3. The maximum absolute atomic E-state index is 12.3. The molecule has 1 aliphatic heterocycles. The summed E-state index contributed by atoms with van der Waals surface area (Å²) in [5, 5.41) is 10.2. The summed E-state index contributed by atoms with van der Waals surface area (Å²) in [5.74, 6) is 0.113. The molecule has 2 rings (SSSR count). The highest BCUT2D eigenvalue weighted by Crippen LogP contribution is 2.28. The summed E-state index contributed by atoms with van der Waals surface area (Å²) in [6.07, 6.45) is 0.913. The molecule has 1 aromatic carbocycles. The van der Waals surface area contributed by atoms with Gasteiger partial charge in [-0.1, -0.05) is 11.6 Å². The molecule has 1 heterocycles. The molecule has 0 saturated carbocycles. The minimum Gasteiger partial charge on any atom is -0.507 e. The second kappa shape index (κ2) is 5.16. The van der Waals surface area contributed by atoms with Gasteiger partial charge < -0.3 is 15.7 Å². The lowest BCUT2D eigenvalue weighted by molar-refractivity contribution is 0.0740. The Morgan fingerprint density at radius 1 is 1.61 bits per heavy atom. The SMILES string of the molecule is CC1CC(CN)CN1C(=O)c1ccc(Cl)cc1O. The third kappa shape index (κ3) is 2.44. The molecule has 0 radical (unpaired) electrons. The molecule has 1 saturated heterocycles. The summed E-state index contributed by atoms with van der Waals surface area (Å²) in [4.78, 5) is 14.1. The van der Waals surface area contributed by atoms with E-state index in [-0.39, 0.29) is 17.7 Å². The fraction of sp³-hybridized carbons (Fsp3) is 0.462. The number of likely N-dealkylation sites (tertiary alicyclic amines) is 1. The first-order valence-corrected chi connectivity index (χ1v) is 6.40. The van der Waals surface area contributed by atoms with Gasteiger partial charge in [0, 0.05) is 17.6 Å². The fourth-order valence-electron chi connectivity index (χ4n) is 2.44. The largest absolute Gasteiger partial charge is 0.507 e. The lowest BCUT2D eigenvalue weighted by atomic mass is 10.1.